The predicted molar refractivity (Wildman–Crippen MR) is 127 cm³/mol. The summed E-state index contributed by atoms with van der Waals surface area (Å²) in [5.74, 6) is 1.86. The summed E-state index contributed by atoms with van der Waals surface area (Å²) in [5.41, 5.74) is 4.99. The monoisotopic (exact) mass is 462 g/mol. The lowest BCUT2D eigenvalue weighted by Crippen LogP contribution is -2.34. The van der Waals surface area contributed by atoms with Gasteiger partial charge >= 0.3 is 0 Å². The molecule has 4 aromatic rings. The van der Waals surface area contributed by atoms with E-state index < -0.39 is 0 Å². The predicted octanol–water partition coefficient (Wildman–Crippen LogP) is 3.06. The Kier molecular flexibility index (Phi) is 4.62. The van der Waals surface area contributed by atoms with E-state index in [4.69, 9.17) is 16.6 Å². The van der Waals surface area contributed by atoms with Gasteiger partial charge in [-0.2, -0.15) is 9.61 Å². The maximum Gasteiger partial charge on any atom is 0.293 e. The first-order valence-electron chi connectivity index (χ1n) is 11.1. The van der Waals surface area contributed by atoms with Gasteiger partial charge < -0.3 is 9.80 Å². The van der Waals surface area contributed by atoms with Gasteiger partial charge in [0.15, 0.2) is 11.5 Å². The number of aryl methyl sites for hydroxylation is 3. The van der Waals surface area contributed by atoms with Crippen LogP contribution in [0, 0.1) is 13.8 Å². The van der Waals surface area contributed by atoms with Gasteiger partial charge in [-0.15, -0.1) is 5.10 Å². The SMILES string of the molecule is Cc1cc2nc(C)c(Cl)c(=O)n2nc1N1CCc2ncc(N3CCCn4nccc43)cc2C1. The molecule has 0 unspecified atom stereocenters. The van der Waals surface area contributed by atoms with Gasteiger partial charge in [-0.3, -0.25) is 9.78 Å². The molecule has 9 nitrogen and oxygen atoms in total. The van der Waals surface area contributed by atoms with Gasteiger partial charge in [0.1, 0.15) is 10.8 Å². The van der Waals surface area contributed by atoms with Crippen molar-refractivity contribution in [2.75, 3.05) is 22.9 Å². The van der Waals surface area contributed by atoms with Crippen LogP contribution in [-0.2, 0) is 19.5 Å². The number of nitrogens with zero attached hydrogens (tertiary/aromatic N) is 8. The lowest BCUT2D eigenvalue weighted by molar-refractivity contribution is 0.541. The van der Waals surface area contributed by atoms with Crippen LogP contribution < -0.4 is 15.4 Å². The fraction of sp³-hybridized carbons (Fsp3) is 0.348. The second kappa shape index (κ2) is 7.55. The molecule has 0 fully saturated rings. The number of hydrogen-bond donors (Lipinski definition) is 0. The number of pyridine rings is 1. The zero-order valence-electron chi connectivity index (χ0n) is 18.5. The lowest BCUT2D eigenvalue weighted by atomic mass is 10.0. The van der Waals surface area contributed by atoms with E-state index >= 15 is 0 Å². The number of rotatable bonds is 2. The third-order valence-corrected chi connectivity index (χ3v) is 6.88. The topological polar surface area (TPSA) is 84.5 Å². The average Bonchev–Trinajstić information content (AvgIpc) is 3.31. The Balaban J connectivity index is 1.37. The summed E-state index contributed by atoms with van der Waals surface area (Å²) < 4.78 is 3.34. The quantitative estimate of drug-likeness (QED) is 0.452. The Hall–Kier alpha value is -3.46. The van der Waals surface area contributed by atoms with Crippen molar-refractivity contribution in [3.63, 3.8) is 0 Å². The third-order valence-electron chi connectivity index (χ3n) is 6.45. The van der Waals surface area contributed by atoms with E-state index in [1.807, 2.05) is 36.1 Å². The summed E-state index contributed by atoms with van der Waals surface area (Å²) in [6.45, 7) is 7.06. The number of aromatic nitrogens is 6. The van der Waals surface area contributed by atoms with Crippen LogP contribution in [-0.4, -0.2) is 42.5 Å². The van der Waals surface area contributed by atoms with Crippen molar-refractivity contribution in [2.45, 2.75) is 39.8 Å². The molecule has 10 heteroatoms. The smallest absolute Gasteiger partial charge is 0.293 e. The molecule has 0 aromatic carbocycles. The zero-order chi connectivity index (χ0) is 22.7. The van der Waals surface area contributed by atoms with E-state index in [9.17, 15) is 4.79 Å². The first-order valence-corrected chi connectivity index (χ1v) is 11.5. The van der Waals surface area contributed by atoms with Gasteiger partial charge in [-0.05, 0) is 43.5 Å². The molecular weight excluding hydrogens is 440 g/mol. The number of fused-ring (bicyclic) bond motifs is 3. The maximum atomic E-state index is 12.7. The molecular formula is C23H23ClN8O. The van der Waals surface area contributed by atoms with Crippen LogP contribution in [0.5, 0.6) is 0 Å². The molecule has 2 aliphatic heterocycles. The first kappa shape index (κ1) is 20.2. The molecule has 168 valence electrons. The first-order chi connectivity index (χ1) is 16.0. The molecule has 0 bridgehead atoms. The number of halogens is 1. The molecule has 0 aliphatic carbocycles. The molecule has 4 aromatic heterocycles. The van der Waals surface area contributed by atoms with Crippen molar-refractivity contribution >= 4 is 34.6 Å². The highest BCUT2D eigenvalue weighted by Crippen LogP contribution is 2.32. The molecule has 0 spiro atoms. The standard InChI is InChI=1S/C23H23ClN8O/c1-14-10-19-27-15(2)21(24)23(33)32(19)28-22(14)29-9-5-18-16(13-29)11-17(12-25-18)30-7-3-8-31-20(30)4-6-26-31/h4,6,10-12H,3,5,7-9,13H2,1-2H3. The third kappa shape index (κ3) is 3.26. The van der Waals surface area contributed by atoms with Gasteiger partial charge in [0.25, 0.3) is 5.56 Å². The van der Waals surface area contributed by atoms with Gasteiger partial charge in [0.2, 0.25) is 0 Å². The Morgan fingerprint density at radius 1 is 1.12 bits per heavy atom. The number of anilines is 3. The molecule has 0 saturated carbocycles. The second-order valence-corrected chi connectivity index (χ2v) is 9.00. The molecule has 0 saturated heterocycles. The van der Waals surface area contributed by atoms with Gasteiger partial charge in [0.05, 0.1) is 23.8 Å². The Bertz CT molecular complexity index is 1460. The van der Waals surface area contributed by atoms with Crippen molar-refractivity contribution < 1.29 is 0 Å². The normalized spacial score (nSPS) is 15.6. The minimum Gasteiger partial charge on any atom is -0.350 e. The molecule has 0 amide bonds. The van der Waals surface area contributed by atoms with E-state index in [1.54, 1.807) is 6.92 Å². The Morgan fingerprint density at radius 2 is 2.00 bits per heavy atom. The molecule has 0 N–H and O–H groups in total. The van der Waals surface area contributed by atoms with Gasteiger partial charge in [0, 0.05) is 44.4 Å². The second-order valence-electron chi connectivity index (χ2n) is 8.63. The van der Waals surface area contributed by atoms with Crippen molar-refractivity contribution in [3.05, 3.63) is 68.5 Å². The highest BCUT2D eigenvalue weighted by Gasteiger charge is 2.24. The molecule has 33 heavy (non-hydrogen) atoms. The van der Waals surface area contributed by atoms with Crippen molar-refractivity contribution in [3.8, 4) is 0 Å². The van der Waals surface area contributed by atoms with Crippen LogP contribution in [0.3, 0.4) is 0 Å². The van der Waals surface area contributed by atoms with Crippen LogP contribution in [0.25, 0.3) is 5.65 Å². The summed E-state index contributed by atoms with van der Waals surface area (Å²) in [4.78, 5) is 26.4. The molecule has 6 rings (SSSR count). The van der Waals surface area contributed by atoms with E-state index in [0.717, 1.165) is 61.1 Å². The Morgan fingerprint density at radius 3 is 2.88 bits per heavy atom. The van der Waals surface area contributed by atoms with Gasteiger partial charge in [-0.25, -0.2) is 9.67 Å². The molecule has 0 atom stereocenters. The van der Waals surface area contributed by atoms with Crippen LogP contribution in [0.2, 0.25) is 5.02 Å². The highest BCUT2D eigenvalue weighted by atomic mass is 35.5. The van der Waals surface area contributed by atoms with Crippen molar-refractivity contribution in [1.29, 1.82) is 0 Å². The van der Waals surface area contributed by atoms with Crippen LogP contribution >= 0.6 is 11.6 Å². The fourth-order valence-electron chi connectivity index (χ4n) is 4.78. The summed E-state index contributed by atoms with van der Waals surface area (Å²) in [7, 11) is 0. The van der Waals surface area contributed by atoms with E-state index in [-0.39, 0.29) is 10.6 Å². The zero-order valence-corrected chi connectivity index (χ0v) is 19.2. The summed E-state index contributed by atoms with van der Waals surface area (Å²) in [6.07, 6.45) is 5.67. The molecule has 2 aliphatic rings. The van der Waals surface area contributed by atoms with Crippen molar-refractivity contribution in [1.82, 2.24) is 29.4 Å². The minimum atomic E-state index is -0.344. The van der Waals surface area contributed by atoms with Crippen molar-refractivity contribution in [2.24, 2.45) is 0 Å². The van der Waals surface area contributed by atoms with E-state index in [0.29, 0.717) is 17.9 Å². The lowest BCUT2D eigenvalue weighted by Gasteiger charge is -2.33. The maximum absolute atomic E-state index is 12.7. The van der Waals surface area contributed by atoms with Gasteiger partial charge in [-0.1, -0.05) is 11.6 Å². The van der Waals surface area contributed by atoms with E-state index in [1.165, 1.54) is 10.1 Å². The number of hydrogen-bond acceptors (Lipinski definition) is 7. The average molecular weight is 463 g/mol. The largest absolute Gasteiger partial charge is 0.350 e. The summed E-state index contributed by atoms with van der Waals surface area (Å²) in [5, 5.41) is 9.17. The van der Waals surface area contributed by atoms with E-state index in [2.05, 4.69) is 31.0 Å². The van der Waals surface area contributed by atoms with Crippen LogP contribution in [0.4, 0.5) is 17.3 Å². The minimum absolute atomic E-state index is 0.105. The summed E-state index contributed by atoms with van der Waals surface area (Å²) in [6, 6.07) is 6.17. The fourth-order valence-corrected chi connectivity index (χ4v) is 4.90. The summed E-state index contributed by atoms with van der Waals surface area (Å²) >= 11 is 6.15. The highest BCUT2D eigenvalue weighted by molar-refractivity contribution is 6.31. The van der Waals surface area contributed by atoms with Crippen LogP contribution in [0.1, 0.15) is 28.9 Å². The van der Waals surface area contributed by atoms with Crippen LogP contribution in [0.15, 0.2) is 35.4 Å². The Labute approximate surface area is 195 Å². The molecule has 6 heterocycles. The molecule has 0 radical (unpaired) electrons.